The molecule has 3 aromatic rings. The largest absolute Gasteiger partial charge is 0.480 e. The van der Waals surface area contributed by atoms with Crippen LogP contribution in [0.4, 0.5) is 5.69 Å². The van der Waals surface area contributed by atoms with Crippen LogP contribution in [0.1, 0.15) is 100 Å². The third-order valence-electron chi connectivity index (χ3n) is 7.56. The van der Waals surface area contributed by atoms with Crippen LogP contribution in [0.2, 0.25) is 0 Å². The summed E-state index contributed by atoms with van der Waals surface area (Å²) in [5.74, 6) is 0.462. The number of hydrogen-bond donors (Lipinski definition) is 1. The number of hydrogen-bond acceptors (Lipinski definition) is 5. The van der Waals surface area contributed by atoms with Gasteiger partial charge in [-0.05, 0) is 67.0 Å². The lowest BCUT2D eigenvalue weighted by Crippen LogP contribution is -2.30. The molecule has 6 heteroatoms. The highest BCUT2D eigenvalue weighted by Gasteiger charge is 2.20. The summed E-state index contributed by atoms with van der Waals surface area (Å²) < 4.78 is 5.60. The van der Waals surface area contributed by atoms with Gasteiger partial charge in [-0.1, -0.05) is 87.7 Å². The molecule has 0 saturated heterocycles. The van der Waals surface area contributed by atoms with Gasteiger partial charge in [0, 0.05) is 24.2 Å². The molecule has 0 aliphatic heterocycles. The van der Waals surface area contributed by atoms with Gasteiger partial charge >= 0.3 is 5.97 Å². The minimum absolute atomic E-state index is 0.0376. The van der Waals surface area contributed by atoms with E-state index in [4.69, 9.17) is 4.52 Å². The van der Waals surface area contributed by atoms with Gasteiger partial charge in [-0.25, -0.2) is 0 Å². The summed E-state index contributed by atoms with van der Waals surface area (Å²) in [5, 5.41) is 13.9. The Bertz CT molecular complexity index is 1160. The molecule has 1 N–H and O–H groups in total. The molecule has 0 bridgehead atoms. The molecule has 0 fully saturated rings. The fourth-order valence-electron chi connectivity index (χ4n) is 5.54. The zero-order chi connectivity index (χ0) is 26.6. The normalized spacial score (nSPS) is 12.9. The maximum absolute atomic E-state index is 11.8. The van der Waals surface area contributed by atoms with Crippen molar-refractivity contribution < 1.29 is 14.4 Å². The first-order valence-corrected chi connectivity index (χ1v) is 14.6. The molecule has 0 unspecified atom stereocenters. The van der Waals surface area contributed by atoms with Gasteiger partial charge < -0.3 is 14.5 Å². The number of aromatic nitrogens is 2. The summed E-state index contributed by atoms with van der Waals surface area (Å²) in [4.78, 5) is 18.4. The summed E-state index contributed by atoms with van der Waals surface area (Å²) in [5.41, 5.74) is 5.59. The SMILES string of the molecule is CCCCCCCCCCCc1noc(-c2cccc(CN(CC(=O)O)c3cccc4c3CCCC4)c2)n1. The second-order valence-corrected chi connectivity index (χ2v) is 10.7. The van der Waals surface area contributed by atoms with Gasteiger partial charge in [-0.2, -0.15) is 4.98 Å². The number of aliphatic carboxylic acids is 1. The number of benzene rings is 2. The van der Waals surface area contributed by atoms with E-state index in [9.17, 15) is 9.90 Å². The van der Waals surface area contributed by atoms with E-state index in [1.165, 1.54) is 68.9 Å². The number of carboxylic acids is 1. The highest BCUT2D eigenvalue weighted by Crippen LogP contribution is 2.31. The zero-order valence-corrected chi connectivity index (χ0v) is 23.0. The van der Waals surface area contributed by atoms with Crippen LogP contribution >= 0.6 is 0 Å². The Morgan fingerprint density at radius 1 is 0.947 bits per heavy atom. The quantitative estimate of drug-likeness (QED) is 0.195. The first kappa shape index (κ1) is 27.9. The number of nitrogens with zero attached hydrogens (tertiary/aromatic N) is 3. The van der Waals surface area contributed by atoms with E-state index in [0.29, 0.717) is 12.4 Å². The fourth-order valence-corrected chi connectivity index (χ4v) is 5.54. The van der Waals surface area contributed by atoms with Gasteiger partial charge in [-0.3, -0.25) is 4.79 Å². The average molecular weight is 518 g/mol. The summed E-state index contributed by atoms with van der Waals surface area (Å²) >= 11 is 0. The molecule has 4 rings (SSSR count). The van der Waals surface area contributed by atoms with Crippen molar-refractivity contribution >= 4 is 11.7 Å². The van der Waals surface area contributed by atoms with Gasteiger partial charge in [-0.15, -0.1) is 0 Å². The molecule has 2 aromatic carbocycles. The van der Waals surface area contributed by atoms with E-state index in [-0.39, 0.29) is 6.54 Å². The van der Waals surface area contributed by atoms with Crippen molar-refractivity contribution in [3.8, 4) is 11.5 Å². The number of aryl methyl sites for hydroxylation is 2. The molecule has 1 aromatic heterocycles. The van der Waals surface area contributed by atoms with Crippen molar-refractivity contribution in [2.75, 3.05) is 11.4 Å². The molecule has 204 valence electrons. The Morgan fingerprint density at radius 2 is 1.68 bits per heavy atom. The number of carbonyl (C=O) groups is 1. The highest BCUT2D eigenvalue weighted by molar-refractivity contribution is 5.75. The van der Waals surface area contributed by atoms with Crippen molar-refractivity contribution in [1.82, 2.24) is 10.1 Å². The minimum Gasteiger partial charge on any atom is -0.480 e. The van der Waals surface area contributed by atoms with Crippen LogP contribution < -0.4 is 4.90 Å². The van der Waals surface area contributed by atoms with Crippen LogP contribution in [0.3, 0.4) is 0 Å². The summed E-state index contributed by atoms with van der Waals surface area (Å²) in [7, 11) is 0. The maximum Gasteiger partial charge on any atom is 0.323 e. The number of carboxylic acid groups (broad SMARTS) is 1. The average Bonchev–Trinajstić information content (AvgIpc) is 3.40. The third-order valence-corrected chi connectivity index (χ3v) is 7.56. The molecule has 1 heterocycles. The third kappa shape index (κ3) is 8.17. The van der Waals surface area contributed by atoms with Crippen LogP contribution in [-0.4, -0.2) is 27.8 Å². The van der Waals surface area contributed by atoms with E-state index in [1.807, 2.05) is 29.2 Å². The Kier molecular flexibility index (Phi) is 10.8. The Morgan fingerprint density at radius 3 is 2.47 bits per heavy atom. The molecule has 0 radical (unpaired) electrons. The van der Waals surface area contributed by atoms with Crippen LogP contribution in [0.5, 0.6) is 0 Å². The number of unbranched alkanes of at least 4 members (excludes halogenated alkanes) is 8. The van der Waals surface area contributed by atoms with E-state index < -0.39 is 5.97 Å². The van der Waals surface area contributed by atoms with Gasteiger partial charge in [0.1, 0.15) is 6.54 Å². The predicted octanol–water partition coefficient (Wildman–Crippen LogP) is 7.78. The highest BCUT2D eigenvalue weighted by atomic mass is 16.5. The number of fused-ring (bicyclic) bond motifs is 1. The van der Waals surface area contributed by atoms with Crippen molar-refractivity contribution in [2.45, 2.75) is 103 Å². The molecule has 0 spiro atoms. The summed E-state index contributed by atoms with van der Waals surface area (Å²) in [6.07, 6.45) is 16.9. The second-order valence-electron chi connectivity index (χ2n) is 10.7. The lowest BCUT2D eigenvalue weighted by molar-refractivity contribution is -0.135. The van der Waals surface area contributed by atoms with Crippen molar-refractivity contribution in [3.63, 3.8) is 0 Å². The molecule has 6 nitrogen and oxygen atoms in total. The minimum atomic E-state index is -0.826. The topological polar surface area (TPSA) is 79.5 Å². The smallest absolute Gasteiger partial charge is 0.323 e. The Hall–Kier alpha value is -3.15. The number of rotatable bonds is 16. The molecule has 0 atom stereocenters. The standard InChI is InChI=1S/C32H43N3O3/c1-2-3-4-5-6-7-8-9-10-21-30-33-32(38-34-30)27-18-13-15-25(22-27)23-35(24-31(36)37)29-20-14-17-26-16-11-12-19-28(26)29/h13-15,17-18,20,22H,2-12,16,19,21,23-24H2,1H3,(H,36,37). The molecule has 38 heavy (non-hydrogen) atoms. The summed E-state index contributed by atoms with van der Waals surface area (Å²) in [6, 6.07) is 14.3. The van der Waals surface area contributed by atoms with E-state index >= 15 is 0 Å². The molecule has 1 aliphatic rings. The van der Waals surface area contributed by atoms with Crippen LogP contribution in [-0.2, 0) is 30.6 Å². The first-order valence-electron chi connectivity index (χ1n) is 14.6. The fraction of sp³-hybridized carbons (Fsp3) is 0.531. The summed E-state index contributed by atoms with van der Waals surface area (Å²) in [6.45, 7) is 2.73. The van der Waals surface area contributed by atoms with Gasteiger partial charge in [0.15, 0.2) is 5.82 Å². The monoisotopic (exact) mass is 517 g/mol. The van der Waals surface area contributed by atoms with Crippen molar-refractivity contribution in [2.24, 2.45) is 0 Å². The van der Waals surface area contributed by atoms with E-state index in [0.717, 1.165) is 54.7 Å². The van der Waals surface area contributed by atoms with Crippen molar-refractivity contribution in [1.29, 1.82) is 0 Å². The predicted molar refractivity (Wildman–Crippen MR) is 152 cm³/mol. The zero-order valence-electron chi connectivity index (χ0n) is 23.0. The maximum atomic E-state index is 11.8. The lowest BCUT2D eigenvalue weighted by atomic mass is 9.90. The molecule has 1 aliphatic carbocycles. The van der Waals surface area contributed by atoms with Crippen LogP contribution in [0.15, 0.2) is 47.0 Å². The lowest BCUT2D eigenvalue weighted by Gasteiger charge is -2.29. The van der Waals surface area contributed by atoms with Crippen molar-refractivity contribution in [3.05, 3.63) is 65.0 Å². The van der Waals surface area contributed by atoms with Crippen LogP contribution in [0, 0.1) is 0 Å². The van der Waals surface area contributed by atoms with Gasteiger partial charge in [0.05, 0.1) is 0 Å². The van der Waals surface area contributed by atoms with E-state index in [1.54, 1.807) is 0 Å². The Labute approximate surface area is 227 Å². The molecule has 0 saturated carbocycles. The Balaban J connectivity index is 1.35. The van der Waals surface area contributed by atoms with Crippen LogP contribution in [0.25, 0.3) is 11.5 Å². The first-order chi connectivity index (χ1) is 18.6. The van der Waals surface area contributed by atoms with Gasteiger partial charge in [0.2, 0.25) is 0 Å². The van der Waals surface area contributed by atoms with Gasteiger partial charge in [0.25, 0.3) is 5.89 Å². The molecule has 0 amide bonds. The molecular formula is C32H43N3O3. The second kappa shape index (κ2) is 14.7. The number of anilines is 1. The molecular weight excluding hydrogens is 474 g/mol. The van der Waals surface area contributed by atoms with E-state index in [2.05, 4.69) is 35.3 Å².